The number of halogens is 3. The number of nitrogens with one attached hydrogen (secondary N) is 1. The van der Waals surface area contributed by atoms with Gasteiger partial charge in [-0.3, -0.25) is 14.5 Å². The van der Waals surface area contributed by atoms with Crippen molar-refractivity contribution in [3.8, 4) is 0 Å². The second-order valence-corrected chi connectivity index (χ2v) is 12.4. The van der Waals surface area contributed by atoms with Gasteiger partial charge in [0.05, 0.1) is 23.6 Å². The molecule has 1 N–H and O–H groups in total. The maximum atomic E-state index is 16.0. The number of anilines is 2. The molecule has 0 bridgehead atoms. The lowest BCUT2D eigenvalue weighted by atomic mass is 9.70. The van der Waals surface area contributed by atoms with Crippen molar-refractivity contribution < 1.29 is 23.5 Å². The van der Waals surface area contributed by atoms with Crippen LogP contribution >= 0.6 is 23.2 Å². The van der Waals surface area contributed by atoms with Crippen molar-refractivity contribution in [1.29, 1.82) is 0 Å². The molecule has 3 aromatic rings. The van der Waals surface area contributed by atoms with Gasteiger partial charge in [0.2, 0.25) is 11.8 Å². The summed E-state index contributed by atoms with van der Waals surface area (Å²) < 4.78 is 20.9. The molecule has 42 heavy (non-hydrogen) atoms. The fraction of sp³-hybridized carbons (Fsp3) is 0.344. The third kappa shape index (κ3) is 3.99. The zero-order valence-electron chi connectivity index (χ0n) is 22.8. The summed E-state index contributed by atoms with van der Waals surface area (Å²) in [7, 11) is 1.31. The van der Waals surface area contributed by atoms with E-state index in [2.05, 4.69) is 10.2 Å². The Labute approximate surface area is 252 Å². The molecule has 216 valence electrons. The van der Waals surface area contributed by atoms with Gasteiger partial charge >= 0.3 is 5.97 Å². The summed E-state index contributed by atoms with van der Waals surface area (Å²) in [5.41, 5.74) is 1.17. The predicted molar refractivity (Wildman–Crippen MR) is 157 cm³/mol. The number of piperidine rings is 1. The SMILES string of the molecule is COC(=O)c1ccc(N2CC[C@@H]3[C@H](C2=O)C(c2cccc(Cl)c2F)[C@@]2(C(=O)Nc4cc(Cl)ccc42)N3CC2CC2)cc1. The van der Waals surface area contributed by atoms with Gasteiger partial charge in [-0.25, -0.2) is 9.18 Å². The smallest absolute Gasteiger partial charge is 0.337 e. The molecule has 3 heterocycles. The number of hydrogen-bond acceptors (Lipinski definition) is 5. The number of hydrogen-bond donors (Lipinski definition) is 1. The van der Waals surface area contributed by atoms with Crippen molar-refractivity contribution in [1.82, 2.24) is 4.90 Å². The largest absolute Gasteiger partial charge is 0.465 e. The highest BCUT2D eigenvalue weighted by Gasteiger charge is 2.70. The lowest BCUT2D eigenvalue weighted by molar-refractivity contribution is -0.128. The lowest BCUT2D eigenvalue weighted by Crippen LogP contribution is -2.54. The van der Waals surface area contributed by atoms with Gasteiger partial charge in [-0.15, -0.1) is 0 Å². The van der Waals surface area contributed by atoms with Crippen molar-refractivity contribution in [2.24, 2.45) is 11.8 Å². The van der Waals surface area contributed by atoms with Crippen LogP contribution in [0.25, 0.3) is 0 Å². The van der Waals surface area contributed by atoms with Crippen LogP contribution in [-0.2, 0) is 19.9 Å². The average Bonchev–Trinajstić information content (AvgIpc) is 3.70. The minimum absolute atomic E-state index is 0.0620. The molecule has 1 spiro atoms. The molecule has 3 aliphatic heterocycles. The average molecular weight is 608 g/mol. The molecule has 7 nitrogen and oxygen atoms in total. The summed E-state index contributed by atoms with van der Waals surface area (Å²) in [5.74, 6) is -2.78. The van der Waals surface area contributed by atoms with Gasteiger partial charge in [0, 0.05) is 47.0 Å². The zero-order valence-corrected chi connectivity index (χ0v) is 24.3. The number of nitrogens with zero attached hydrogens (tertiary/aromatic N) is 2. The van der Waals surface area contributed by atoms with Crippen LogP contribution in [-0.4, -0.2) is 48.9 Å². The Balaban J connectivity index is 1.41. The summed E-state index contributed by atoms with van der Waals surface area (Å²) in [5, 5.41) is 3.44. The first kappa shape index (κ1) is 27.4. The van der Waals surface area contributed by atoms with Gasteiger partial charge in [0.1, 0.15) is 11.4 Å². The van der Waals surface area contributed by atoms with E-state index in [0.29, 0.717) is 53.0 Å². The van der Waals surface area contributed by atoms with E-state index in [9.17, 15) is 14.4 Å². The molecule has 2 saturated heterocycles. The first-order valence-corrected chi connectivity index (χ1v) is 14.8. The molecule has 7 rings (SSSR count). The number of fused-ring (bicyclic) bond motifs is 3. The van der Waals surface area contributed by atoms with Crippen LogP contribution in [0.3, 0.4) is 0 Å². The number of rotatable bonds is 5. The van der Waals surface area contributed by atoms with Gasteiger partial charge in [0.25, 0.3) is 0 Å². The number of methoxy groups -OCH3 is 1. The van der Waals surface area contributed by atoms with Crippen molar-refractivity contribution >= 4 is 52.4 Å². The summed E-state index contributed by atoms with van der Waals surface area (Å²) >= 11 is 12.7. The molecular weight excluding hydrogens is 580 g/mol. The van der Waals surface area contributed by atoms with Crippen LogP contribution in [0.4, 0.5) is 15.8 Å². The van der Waals surface area contributed by atoms with Crippen LogP contribution in [0.2, 0.25) is 10.0 Å². The highest BCUT2D eigenvalue weighted by Crippen LogP contribution is 2.62. The van der Waals surface area contributed by atoms with Crippen LogP contribution in [0.15, 0.2) is 60.7 Å². The third-order valence-corrected chi connectivity index (χ3v) is 9.86. The minimum Gasteiger partial charge on any atom is -0.465 e. The molecule has 1 unspecified atom stereocenters. The van der Waals surface area contributed by atoms with Crippen LogP contribution < -0.4 is 10.2 Å². The standard InChI is InChI=1S/C32H28Cl2FN3O4/c1-42-30(40)18-7-10-20(11-8-18)37-14-13-25-26(29(37)39)27(21-3-2-4-23(34)28(21)35)32(38(25)16-17-5-6-17)22-12-9-19(33)15-24(22)36-31(32)41/h2-4,7-12,15,17,25-27H,5-6,13-14,16H2,1H3,(H,36,41)/t25-,26+,27?,32+/m1/s1. The highest BCUT2D eigenvalue weighted by molar-refractivity contribution is 6.31. The quantitative estimate of drug-likeness (QED) is 0.360. The lowest BCUT2D eigenvalue weighted by Gasteiger charge is -2.40. The van der Waals surface area contributed by atoms with E-state index in [1.54, 1.807) is 53.4 Å². The molecule has 4 aliphatic rings. The van der Waals surface area contributed by atoms with E-state index in [1.165, 1.54) is 13.2 Å². The Bertz CT molecular complexity index is 1630. The Kier molecular flexibility index (Phi) is 6.57. The van der Waals surface area contributed by atoms with Crippen molar-refractivity contribution in [3.63, 3.8) is 0 Å². The molecule has 3 aromatic carbocycles. The molecule has 0 aromatic heterocycles. The second kappa shape index (κ2) is 10.1. The van der Waals surface area contributed by atoms with Gasteiger partial charge in [0.15, 0.2) is 0 Å². The number of likely N-dealkylation sites (tertiary alicyclic amines) is 1. The maximum Gasteiger partial charge on any atom is 0.337 e. The Morgan fingerprint density at radius 1 is 1.07 bits per heavy atom. The van der Waals surface area contributed by atoms with E-state index >= 15 is 4.39 Å². The Hall–Kier alpha value is -3.46. The predicted octanol–water partition coefficient (Wildman–Crippen LogP) is 6.00. The topological polar surface area (TPSA) is 78.9 Å². The van der Waals surface area contributed by atoms with Gasteiger partial charge in [-0.2, -0.15) is 0 Å². The third-order valence-electron chi connectivity index (χ3n) is 9.33. The van der Waals surface area contributed by atoms with E-state index in [-0.39, 0.29) is 28.4 Å². The molecule has 10 heteroatoms. The maximum absolute atomic E-state index is 16.0. The number of carbonyl (C=O) groups excluding carboxylic acids is 3. The molecule has 2 amide bonds. The van der Waals surface area contributed by atoms with Gasteiger partial charge < -0.3 is 15.0 Å². The molecule has 1 saturated carbocycles. The summed E-state index contributed by atoms with van der Waals surface area (Å²) in [6.45, 7) is 1.03. The van der Waals surface area contributed by atoms with Crippen molar-refractivity contribution in [2.75, 3.05) is 30.4 Å². The monoisotopic (exact) mass is 607 g/mol. The number of benzene rings is 3. The van der Waals surface area contributed by atoms with Crippen LogP contribution in [0.1, 0.15) is 46.7 Å². The normalized spacial score (nSPS) is 26.8. The van der Waals surface area contributed by atoms with Crippen molar-refractivity contribution in [2.45, 2.75) is 36.8 Å². The Morgan fingerprint density at radius 3 is 2.55 bits per heavy atom. The Morgan fingerprint density at radius 2 is 1.83 bits per heavy atom. The molecule has 3 fully saturated rings. The summed E-state index contributed by atoms with van der Waals surface area (Å²) in [6, 6.07) is 16.4. The number of amides is 2. The fourth-order valence-electron chi connectivity index (χ4n) is 7.39. The first-order chi connectivity index (χ1) is 20.2. The summed E-state index contributed by atoms with van der Waals surface area (Å²) in [4.78, 5) is 44.9. The fourth-order valence-corrected chi connectivity index (χ4v) is 7.74. The van der Waals surface area contributed by atoms with E-state index in [4.69, 9.17) is 27.9 Å². The minimum atomic E-state index is -1.33. The number of ether oxygens (including phenoxy) is 1. The molecule has 4 atom stereocenters. The number of carbonyl (C=O) groups is 3. The summed E-state index contributed by atoms with van der Waals surface area (Å²) in [6.07, 6.45) is 2.67. The van der Waals surface area contributed by atoms with Crippen molar-refractivity contribution in [3.05, 3.63) is 93.2 Å². The van der Waals surface area contributed by atoms with Crippen LogP contribution in [0.5, 0.6) is 0 Å². The highest BCUT2D eigenvalue weighted by atomic mass is 35.5. The second-order valence-electron chi connectivity index (χ2n) is 11.5. The van der Waals surface area contributed by atoms with E-state index < -0.39 is 29.2 Å². The van der Waals surface area contributed by atoms with Crippen LogP contribution in [0, 0.1) is 17.7 Å². The van der Waals surface area contributed by atoms with E-state index in [1.807, 2.05) is 6.07 Å². The number of esters is 1. The van der Waals surface area contributed by atoms with E-state index in [0.717, 1.165) is 12.8 Å². The van der Waals surface area contributed by atoms with Gasteiger partial charge in [-0.05, 0) is 73.2 Å². The zero-order chi connectivity index (χ0) is 29.3. The molecule has 1 aliphatic carbocycles. The molecular formula is C32H28Cl2FN3O4. The molecule has 0 radical (unpaired) electrons. The first-order valence-electron chi connectivity index (χ1n) is 14.1. The van der Waals surface area contributed by atoms with Gasteiger partial charge in [-0.1, -0.05) is 41.4 Å².